The number of aryl methyl sites for hydroxylation is 1. The molecule has 0 fully saturated rings. The lowest BCUT2D eigenvalue weighted by molar-refractivity contribution is -0.385. The number of nitrogens with zero attached hydrogens (tertiary/aromatic N) is 3. The highest BCUT2D eigenvalue weighted by atomic mass is 32.2. The number of hydrogen-bond acceptors (Lipinski definition) is 7. The number of aliphatic hydroxyl groups excluding tert-OH is 1. The molecule has 0 bridgehead atoms. The zero-order chi connectivity index (χ0) is 13.1. The van der Waals surface area contributed by atoms with Gasteiger partial charge in [0.2, 0.25) is 0 Å². The summed E-state index contributed by atoms with van der Waals surface area (Å²) in [4.78, 5) is 15.2. The molecule has 18 heavy (non-hydrogen) atoms. The predicted octanol–water partition coefficient (Wildman–Crippen LogP) is 2.40. The molecule has 1 aromatic carbocycles. The lowest BCUT2D eigenvalue weighted by Crippen LogP contribution is -1.95. The molecule has 0 amide bonds. The monoisotopic (exact) mass is 283 g/mol. The van der Waals surface area contributed by atoms with Gasteiger partial charge in [0.15, 0.2) is 4.34 Å². The summed E-state index contributed by atoms with van der Waals surface area (Å²) < 4.78 is 4.82. The van der Waals surface area contributed by atoms with Gasteiger partial charge >= 0.3 is 0 Å². The van der Waals surface area contributed by atoms with Crippen LogP contribution in [0.5, 0.6) is 0 Å². The molecule has 0 atom stereocenters. The van der Waals surface area contributed by atoms with Crippen molar-refractivity contribution in [3.8, 4) is 0 Å². The average Bonchev–Trinajstić information content (AvgIpc) is 2.74. The fourth-order valence-corrected chi connectivity index (χ4v) is 3.04. The average molecular weight is 283 g/mol. The fraction of sp³-hybridized carbons (Fsp3) is 0.200. The van der Waals surface area contributed by atoms with Crippen LogP contribution in [-0.4, -0.2) is 19.4 Å². The molecule has 2 rings (SSSR count). The van der Waals surface area contributed by atoms with Crippen LogP contribution in [0.25, 0.3) is 0 Å². The van der Waals surface area contributed by atoms with Gasteiger partial charge in [-0.1, -0.05) is 11.8 Å². The summed E-state index contributed by atoms with van der Waals surface area (Å²) in [7, 11) is 0. The molecule has 94 valence electrons. The largest absolute Gasteiger partial charge is 0.391 e. The van der Waals surface area contributed by atoms with E-state index >= 15 is 0 Å². The summed E-state index contributed by atoms with van der Waals surface area (Å²) in [6.07, 6.45) is 0. The van der Waals surface area contributed by atoms with Crippen LogP contribution in [0.2, 0.25) is 0 Å². The van der Waals surface area contributed by atoms with E-state index in [1.54, 1.807) is 19.1 Å². The molecule has 1 N–H and O–H groups in total. The first kappa shape index (κ1) is 12.9. The van der Waals surface area contributed by atoms with E-state index in [9.17, 15) is 10.1 Å². The van der Waals surface area contributed by atoms with Gasteiger partial charge in [0, 0.05) is 11.0 Å². The van der Waals surface area contributed by atoms with E-state index in [0.29, 0.717) is 11.4 Å². The molecule has 0 aliphatic carbocycles. The van der Waals surface area contributed by atoms with Gasteiger partial charge in [0.25, 0.3) is 5.69 Å². The van der Waals surface area contributed by atoms with E-state index in [0.717, 1.165) is 9.24 Å². The first-order valence-electron chi connectivity index (χ1n) is 4.96. The minimum absolute atomic E-state index is 0.0738. The molecule has 0 unspecified atom stereocenters. The standard InChI is InChI=1S/C10H9N3O3S2/c1-6-11-10(18-12-6)17-8-2-3-9(13(15)16)7(4-8)5-14/h2-4,14H,5H2,1H3. The summed E-state index contributed by atoms with van der Waals surface area (Å²) in [5.41, 5.74) is 0.224. The van der Waals surface area contributed by atoms with Gasteiger partial charge in [-0.2, -0.15) is 4.37 Å². The molecule has 0 saturated heterocycles. The summed E-state index contributed by atoms with van der Waals surface area (Å²) >= 11 is 2.64. The molecule has 0 aliphatic rings. The van der Waals surface area contributed by atoms with E-state index in [4.69, 9.17) is 5.11 Å². The van der Waals surface area contributed by atoms with Crippen molar-refractivity contribution in [1.82, 2.24) is 9.36 Å². The van der Waals surface area contributed by atoms with Gasteiger partial charge in [0.1, 0.15) is 5.82 Å². The number of aliphatic hydroxyl groups is 1. The highest BCUT2D eigenvalue weighted by Gasteiger charge is 2.14. The number of nitro groups is 1. The minimum Gasteiger partial charge on any atom is -0.391 e. The SMILES string of the molecule is Cc1nsc(Sc2ccc([N+](=O)[O-])c(CO)c2)n1. The smallest absolute Gasteiger partial charge is 0.274 e. The van der Waals surface area contributed by atoms with Crippen LogP contribution in [0.3, 0.4) is 0 Å². The van der Waals surface area contributed by atoms with Crippen LogP contribution in [0.1, 0.15) is 11.4 Å². The van der Waals surface area contributed by atoms with Crippen molar-refractivity contribution in [2.45, 2.75) is 22.8 Å². The van der Waals surface area contributed by atoms with Gasteiger partial charge in [0.05, 0.1) is 17.1 Å². The maximum Gasteiger partial charge on any atom is 0.274 e. The molecule has 6 nitrogen and oxygen atoms in total. The Morgan fingerprint density at radius 3 is 2.89 bits per heavy atom. The third-order valence-corrected chi connectivity index (χ3v) is 3.96. The second-order valence-electron chi connectivity index (χ2n) is 3.42. The quantitative estimate of drug-likeness (QED) is 0.684. The molecular formula is C10H9N3O3S2. The molecule has 0 radical (unpaired) electrons. The van der Waals surface area contributed by atoms with Crippen LogP contribution < -0.4 is 0 Å². The van der Waals surface area contributed by atoms with Gasteiger partial charge in [-0.15, -0.1) is 0 Å². The second-order valence-corrected chi connectivity index (χ2v) is 5.49. The van der Waals surface area contributed by atoms with Crippen molar-refractivity contribution < 1.29 is 10.0 Å². The Kier molecular flexibility index (Phi) is 3.90. The zero-order valence-corrected chi connectivity index (χ0v) is 11.0. The second kappa shape index (κ2) is 5.42. The number of nitro benzene ring substituents is 1. The van der Waals surface area contributed by atoms with Crippen molar-refractivity contribution >= 4 is 29.0 Å². The van der Waals surface area contributed by atoms with E-state index in [1.165, 1.54) is 29.4 Å². The van der Waals surface area contributed by atoms with E-state index in [-0.39, 0.29) is 12.3 Å². The van der Waals surface area contributed by atoms with E-state index < -0.39 is 4.92 Å². The highest BCUT2D eigenvalue weighted by molar-refractivity contribution is 8.01. The minimum atomic E-state index is -0.505. The fourth-order valence-electron chi connectivity index (χ4n) is 1.35. The lowest BCUT2D eigenvalue weighted by Gasteiger charge is -2.02. The van der Waals surface area contributed by atoms with Crippen LogP contribution in [-0.2, 0) is 6.61 Å². The van der Waals surface area contributed by atoms with Crippen molar-refractivity contribution in [1.29, 1.82) is 0 Å². The van der Waals surface area contributed by atoms with Crippen molar-refractivity contribution in [3.63, 3.8) is 0 Å². The van der Waals surface area contributed by atoms with Crippen molar-refractivity contribution in [3.05, 3.63) is 39.7 Å². The molecule has 0 aliphatic heterocycles. The van der Waals surface area contributed by atoms with Gasteiger partial charge < -0.3 is 5.11 Å². The molecule has 0 spiro atoms. The summed E-state index contributed by atoms with van der Waals surface area (Å²) in [6, 6.07) is 4.63. The summed E-state index contributed by atoms with van der Waals surface area (Å²) in [5, 5.41) is 19.8. The number of hydrogen-bond donors (Lipinski definition) is 1. The maximum atomic E-state index is 10.7. The first-order chi connectivity index (χ1) is 8.60. The molecular weight excluding hydrogens is 274 g/mol. The van der Waals surface area contributed by atoms with Gasteiger partial charge in [-0.05, 0) is 30.6 Å². The molecule has 2 aromatic rings. The normalized spacial score (nSPS) is 10.6. The molecule has 0 saturated carbocycles. The van der Waals surface area contributed by atoms with E-state index in [1.807, 2.05) is 0 Å². The Morgan fingerprint density at radius 1 is 1.56 bits per heavy atom. The van der Waals surface area contributed by atoms with E-state index in [2.05, 4.69) is 9.36 Å². The number of benzene rings is 1. The molecule has 1 heterocycles. The Bertz CT molecular complexity index is 585. The van der Waals surface area contributed by atoms with Crippen molar-refractivity contribution in [2.75, 3.05) is 0 Å². The third kappa shape index (κ3) is 2.84. The predicted molar refractivity (Wildman–Crippen MR) is 67.8 cm³/mol. The first-order valence-corrected chi connectivity index (χ1v) is 6.55. The van der Waals surface area contributed by atoms with Gasteiger partial charge in [-0.3, -0.25) is 10.1 Å². The summed E-state index contributed by atoms with van der Waals surface area (Å²) in [6.45, 7) is 1.44. The van der Waals surface area contributed by atoms with Crippen LogP contribution in [0.15, 0.2) is 27.4 Å². The third-order valence-electron chi connectivity index (χ3n) is 2.13. The van der Waals surface area contributed by atoms with Crippen LogP contribution >= 0.6 is 23.3 Å². The maximum absolute atomic E-state index is 10.7. The lowest BCUT2D eigenvalue weighted by atomic mass is 10.2. The number of rotatable bonds is 4. The Balaban J connectivity index is 2.27. The van der Waals surface area contributed by atoms with Crippen LogP contribution in [0.4, 0.5) is 5.69 Å². The number of aromatic nitrogens is 2. The van der Waals surface area contributed by atoms with Gasteiger partial charge in [-0.25, -0.2) is 4.98 Å². The topological polar surface area (TPSA) is 89.2 Å². The molecule has 8 heteroatoms. The Labute approximate surface area is 111 Å². The van der Waals surface area contributed by atoms with Crippen LogP contribution in [0, 0.1) is 17.0 Å². The Morgan fingerprint density at radius 2 is 2.33 bits per heavy atom. The zero-order valence-electron chi connectivity index (χ0n) is 9.36. The van der Waals surface area contributed by atoms with Crippen molar-refractivity contribution in [2.24, 2.45) is 0 Å². The summed E-state index contributed by atoms with van der Waals surface area (Å²) in [5.74, 6) is 0.701. The Hall–Kier alpha value is -1.51. The highest BCUT2D eigenvalue weighted by Crippen LogP contribution is 2.32. The molecule has 1 aromatic heterocycles.